The number of rotatable bonds is 3. The van der Waals surface area contributed by atoms with E-state index in [2.05, 4.69) is 0 Å². The Kier molecular flexibility index (Phi) is 6.65. The fraction of sp³-hybridized carbons (Fsp3) is 0.429. The number of carbonyl (C=O) groups is 1. The fourth-order valence-corrected chi connectivity index (χ4v) is 3.84. The van der Waals surface area contributed by atoms with Gasteiger partial charge in [-0.05, 0) is 32.3 Å². The van der Waals surface area contributed by atoms with E-state index in [1.165, 1.54) is 16.4 Å². The van der Waals surface area contributed by atoms with E-state index < -0.39 is 16.1 Å². The number of hydrogen-bond acceptors (Lipinski definition) is 6. The van der Waals surface area contributed by atoms with Gasteiger partial charge >= 0.3 is 0 Å². The lowest BCUT2D eigenvalue weighted by molar-refractivity contribution is -0.122. The second-order valence-electron chi connectivity index (χ2n) is 5.17. The zero-order valence-electron chi connectivity index (χ0n) is 12.8. The molecule has 1 heterocycles. The van der Waals surface area contributed by atoms with Gasteiger partial charge in [-0.2, -0.15) is 9.57 Å². The van der Waals surface area contributed by atoms with E-state index in [0.29, 0.717) is 5.56 Å². The molecule has 23 heavy (non-hydrogen) atoms. The van der Waals surface area contributed by atoms with Gasteiger partial charge in [0.25, 0.3) is 6.47 Å². The molecular formula is C14H19N3O5S. The van der Waals surface area contributed by atoms with Crippen LogP contribution in [0.25, 0.3) is 0 Å². The maximum atomic E-state index is 12.5. The lowest BCUT2D eigenvalue weighted by Crippen LogP contribution is -2.38. The first kappa shape index (κ1) is 19.1. The van der Waals surface area contributed by atoms with Gasteiger partial charge in [0.05, 0.1) is 28.7 Å². The Hall–Kier alpha value is -1.99. The van der Waals surface area contributed by atoms with Crippen molar-refractivity contribution in [3.8, 4) is 6.07 Å². The van der Waals surface area contributed by atoms with Crippen molar-refractivity contribution in [2.45, 2.75) is 17.0 Å². The molecule has 1 aromatic rings. The average Bonchev–Trinajstić information content (AvgIpc) is 2.91. The topological polar surface area (TPSA) is 122 Å². The quantitative estimate of drug-likeness (QED) is 0.714. The first-order valence-corrected chi connectivity index (χ1v) is 8.14. The standard InChI is InChI=1S/C13H17N3O3S.CH2O2/c1-15(2)12-8-16(9-13(12)17)20(18,19)11-5-3-4-10(6-11)7-14;2-1-3/h3-6,12-13,17H,8-9H2,1-2H3;1H,(H,2,3)/t12-,13-;/m0./s1. The molecule has 8 nitrogen and oxygen atoms in total. The van der Waals surface area contributed by atoms with Crippen LogP contribution in [0.5, 0.6) is 0 Å². The summed E-state index contributed by atoms with van der Waals surface area (Å²) in [6.45, 7) is 0.0647. The van der Waals surface area contributed by atoms with Crippen molar-refractivity contribution in [3.63, 3.8) is 0 Å². The average molecular weight is 341 g/mol. The summed E-state index contributed by atoms with van der Waals surface area (Å²) in [5, 5.41) is 25.7. The van der Waals surface area contributed by atoms with Crippen LogP contribution < -0.4 is 0 Å². The van der Waals surface area contributed by atoms with Crippen molar-refractivity contribution < 1.29 is 23.4 Å². The van der Waals surface area contributed by atoms with E-state index in [9.17, 15) is 13.5 Å². The Morgan fingerprint density at radius 3 is 2.48 bits per heavy atom. The first-order chi connectivity index (χ1) is 10.8. The predicted octanol–water partition coefficient (Wildman–Crippen LogP) is -0.446. The van der Waals surface area contributed by atoms with Gasteiger partial charge in [0.2, 0.25) is 10.0 Å². The molecule has 1 saturated heterocycles. The molecule has 9 heteroatoms. The number of sulfonamides is 1. The van der Waals surface area contributed by atoms with Crippen molar-refractivity contribution in [3.05, 3.63) is 29.8 Å². The highest BCUT2D eigenvalue weighted by atomic mass is 32.2. The van der Waals surface area contributed by atoms with Crippen molar-refractivity contribution in [2.75, 3.05) is 27.2 Å². The van der Waals surface area contributed by atoms with Gasteiger partial charge in [-0.25, -0.2) is 8.42 Å². The van der Waals surface area contributed by atoms with Gasteiger partial charge in [-0.15, -0.1) is 0 Å². The van der Waals surface area contributed by atoms with Crippen LogP contribution in [0.1, 0.15) is 5.56 Å². The van der Waals surface area contributed by atoms with Crippen molar-refractivity contribution in [1.29, 1.82) is 5.26 Å². The van der Waals surface area contributed by atoms with Gasteiger partial charge in [-0.1, -0.05) is 6.07 Å². The van der Waals surface area contributed by atoms with Crippen LogP contribution in [0.4, 0.5) is 0 Å². The Bertz CT molecular complexity index is 684. The summed E-state index contributed by atoms with van der Waals surface area (Å²) in [4.78, 5) is 10.3. The molecule has 126 valence electrons. The zero-order valence-corrected chi connectivity index (χ0v) is 13.6. The number of nitriles is 1. The zero-order chi connectivity index (χ0) is 17.6. The van der Waals surface area contributed by atoms with Crippen LogP contribution >= 0.6 is 0 Å². The minimum atomic E-state index is -3.68. The lowest BCUT2D eigenvalue weighted by atomic mass is 10.2. The number of β-amino-alcohol motifs (C(OH)–C–C–N with tert-alkyl or cyclic N) is 1. The van der Waals surface area contributed by atoms with Crippen LogP contribution in [0.3, 0.4) is 0 Å². The number of aliphatic hydroxyl groups is 1. The minimum absolute atomic E-state index is 0.0714. The largest absolute Gasteiger partial charge is 0.483 e. The van der Waals surface area contributed by atoms with Crippen LogP contribution in [-0.4, -0.2) is 73.6 Å². The summed E-state index contributed by atoms with van der Waals surface area (Å²) in [6, 6.07) is 7.62. The Labute approximate surface area is 135 Å². The van der Waals surface area contributed by atoms with E-state index in [-0.39, 0.29) is 30.5 Å². The number of nitrogens with zero attached hydrogens (tertiary/aromatic N) is 3. The molecular weight excluding hydrogens is 322 g/mol. The molecule has 1 aliphatic heterocycles. The van der Waals surface area contributed by atoms with E-state index in [1.54, 1.807) is 26.2 Å². The lowest BCUT2D eigenvalue weighted by Gasteiger charge is -2.21. The Morgan fingerprint density at radius 1 is 1.39 bits per heavy atom. The Morgan fingerprint density at radius 2 is 2.00 bits per heavy atom. The summed E-state index contributed by atoms with van der Waals surface area (Å²) in [5.74, 6) is 0. The predicted molar refractivity (Wildman–Crippen MR) is 82.1 cm³/mol. The molecule has 1 aliphatic rings. The summed E-state index contributed by atoms with van der Waals surface area (Å²) >= 11 is 0. The third kappa shape index (κ3) is 4.49. The van der Waals surface area contributed by atoms with Gasteiger partial charge in [0.15, 0.2) is 0 Å². The molecule has 0 spiro atoms. The molecule has 2 atom stereocenters. The van der Waals surface area contributed by atoms with E-state index >= 15 is 0 Å². The van der Waals surface area contributed by atoms with E-state index in [4.69, 9.17) is 15.2 Å². The fourth-order valence-electron chi connectivity index (χ4n) is 2.31. The first-order valence-electron chi connectivity index (χ1n) is 6.70. The SMILES string of the molecule is CN(C)[C@H]1CN(S(=O)(=O)c2cccc(C#N)c2)C[C@@H]1O.O=CO. The number of likely N-dealkylation sites (N-methyl/N-ethyl adjacent to an activating group) is 1. The molecule has 0 aliphatic carbocycles. The van der Waals surface area contributed by atoms with Gasteiger partial charge in [0, 0.05) is 13.1 Å². The minimum Gasteiger partial charge on any atom is -0.483 e. The molecule has 0 aromatic heterocycles. The monoisotopic (exact) mass is 341 g/mol. The highest BCUT2D eigenvalue weighted by molar-refractivity contribution is 7.89. The van der Waals surface area contributed by atoms with Crippen LogP contribution in [-0.2, 0) is 14.8 Å². The maximum Gasteiger partial charge on any atom is 0.290 e. The molecule has 1 fully saturated rings. The second kappa shape index (κ2) is 8.03. The molecule has 2 rings (SSSR count). The van der Waals surface area contributed by atoms with Crippen LogP contribution in [0, 0.1) is 11.3 Å². The van der Waals surface area contributed by atoms with Crippen molar-refractivity contribution in [2.24, 2.45) is 0 Å². The van der Waals surface area contributed by atoms with Gasteiger partial charge in [0.1, 0.15) is 0 Å². The molecule has 0 unspecified atom stereocenters. The Balaban J connectivity index is 0.000000816. The summed E-state index contributed by atoms with van der Waals surface area (Å²) in [5.41, 5.74) is 0.301. The third-order valence-corrected chi connectivity index (χ3v) is 5.32. The number of benzene rings is 1. The summed E-state index contributed by atoms with van der Waals surface area (Å²) < 4.78 is 26.3. The van der Waals surface area contributed by atoms with Crippen molar-refractivity contribution >= 4 is 16.5 Å². The van der Waals surface area contributed by atoms with E-state index in [0.717, 1.165) is 0 Å². The second-order valence-corrected chi connectivity index (χ2v) is 7.10. The normalized spacial score (nSPS) is 21.3. The number of carboxylic acid groups (broad SMARTS) is 1. The molecule has 0 radical (unpaired) electrons. The molecule has 0 bridgehead atoms. The highest BCUT2D eigenvalue weighted by Gasteiger charge is 2.39. The molecule has 2 N–H and O–H groups in total. The molecule has 1 aromatic carbocycles. The third-order valence-electron chi connectivity index (χ3n) is 3.49. The van der Waals surface area contributed by atoms with Crippen molar-refractivity contribution in [1.82, 2.24) is 9.21 Å². The maximum absolute atomic E-state index is 12.5. The smallest absolute Gasteiger partial charge is 0.290 e. The van der Waals surface area contributed by atoms with Gasteiger partial charge < -0.3 is 15.1 Å². The van der Waals surface area contributed by atoms with Gasteiger partial charge in [-0.3, -0.25) is 4.79 Å². The number of hydrogen-bond donors (Lipinski definition) is 2. The van der Waals surface area contributed by atoms with Crippen LogP contribution in [0.15, 0.2) is 29.2 Å². The van der Waals surface area contributed by atoms with E-state index in [1.807, 2.05) is 11.0 Å². The molecule has 0 saturated carbocycles. The number of aliphatic hydroxyl groups excluding tert-OH is 1. The summed E-state index contributed by atoms with van der Waals surface area (Å²) in [6.07, 6.45) is -0.709. The van der Waals surface area contributed by atoms with Crippen LogP contribution in [0.2, 0.25) is 0 Å². The highest BCUT2D eigenvalue weighted by Crippen LogP contribution is 2.23. The summed E-state index contributed by atoms with van der Waals surface area (Å²) in [7, 11) is -0.0634. The molecule has 0 amide bonds.